The summed E-state index contributed by atoms with van der Waals surface area (Å²) >= 11 is 0. The Morgan fingerprint density at radius 2 is 1.71 bits per heavy atom. The number of benzene rings is 2. The normalized spacial score (nSPS) is 12.0. The zero-order valence-corrected chi connectivity index (χ0v) is 21.5. The Kier molecular flexibility index (Phi) is 10.5. The van der Waals surface area contributed by atoms with Crippen LogP contribution in [0.15, 0.2) is 48.5 Å². The van der Waals surface area contributed by atoms with E-state index in [1.54, 1.807) is 38.1 Å². The average molecular weight is 508 g/mol. The summed E-state index contributed by atoms with van der Waals surface area (Å²) in [6, 6.07) is 11.3. The molecule has 1 N–H and O–H groups in total. The molecule has 0 radical (unpaired) electrons. The van der Waals surface area contributed by atoms with E-state index in [1.165, 1.54) is 29.2 Å². The van der Waals surface area contributed by atoms with Crippen LogP contribution >= 0.6 is 0 Å². The number of para-hydroxylation sites is 2. The second-order valence-corrected chi connectivity index (χ2v) is 9.94. The lowest BCUT2D eigenvalue weighted by atomic mass is 10.1. The molecule has 0 fully saturated rings. The summed E-state index contributed by atoms with van der Waals surface area (Å²) in [7, 11) is -3.88. The van der Waals surface area contributed by atoms with Crippen LogP contribution in [-0.2, 0) is 26.2 Å². The summed E-state index contributed by atoms with van der Waals surface area (Å²) in [5, 5.41) is 2.81. The highest BCUT2D eigenvalue weighted by molar-refractivity contribution is 7.92. The average Bonchev–Trinajstić information content (AvgIpc) is 2.82. The molecule has 2 rings (SSSR count). The molecule has 0 heterocycles. The zero-order valence-electron chi connectivity index (χ0n) is 20.7. The minimum absolute atomic E-state index is 0.0157. The van der Waals surface area contributed by atoms with Gasteiger partial charge in [-0.1, -0.05) is 38.1 Å². The van der Waals surface area contributed by atoms with Gasteiger partial charge in [0.05, 0.1) is 18.6 Å². The largest absolute Gasteiger partial charge is 0.492 e. The molecular formula is C25H34FN3O5S. The van der Waals surface area contributed by atoms with Gasteiger partial charge in [0.2, 0.25) is 21.8 Å². The van der Waals surface area contributed by atoms with Crippen molar-refractivity contribution in [3.63, 3.8) is 0 Å². The standard InChI is InChI=1S/C25H34FN3O5S/c1-5-16-27-25(31)21(6-2)28(17-19-12-14-20(26)15-13-19)24(30)18-29(35(4,32)33)22-10-8-9-11-23(22)34-7-3/h8-15,21H,5-7,16-18H2,1-4H3,(H,27,31). The van der Waals surface area contributed by atoms with Gasteiger partial charge < -0.3 is 15.0 Å². The molecule has 0 aromatic heterocycles. The van der Waals surface area contributed by atoms with Gasteiger partial charge in [-0.25, -0.2) is 12.8 Å². The fourth-order valence-electron chi connectivity index (χ4n) is 3.61. The fraction of sp³-hybridized carbons (Fsp3) is 0.440. The quantitative estimate of drug-likeness (QED) is 0.449. The number of amides is 2. The fourth-order valence-corrected chi connectivity index (χ4v) is 4.46. The highest BCUT2D eigenvalue weighted by Crippen LogP contribution is 2.30. The molecular weight excluding hydrogens is 473 g/mol. The van der Waals surface area contributed by atoms with Crippen LogP contribution in [0, 0.1) is 5.82 Å². The number of halogens is 1. The minimum atomic E-state index is -3.88. The second kappa shape index (κ2) is 13.1. The maximum absolute atomic E-state index is 13.6. The van der Waals surface area contributed by atoms with Crippen molar-refractivity contribution in [3.05, 3.63) is 59.9 Å². The van der Waals surface area contributed by atoms with E-state index >= 15 is 0 Å². The molecule has 2 aromatic carbocycles. The van der Waals surface area contributed by atoms with Crippen molar-refractivity contribution >= 4 is 27.5 Å². The molecule has 2 aromatic rings. The molecule has 0 spiro atoms. The number of carbonyl (C=O) groups is 2. The van der Waals surface area contributed by atoms with Crippen molar-refractivity contribution in [2.24, 2.45) is 0 Å². The van der Waals surface area contributed by atoms with E-state index in [0.29, 0.717) is 30.9 Å². The third kappa shape index (κ3) is 7.95. The molecule has 192 valence electrons. The van der Waals surface area contributed by atoms with Crippen LogP contribution in [0.1, 0.15) is 39.2 Å². The van der Waals surface area contributed by atoms with E-state index in [9.17, 15) is 22.4 Å². The summed E-state index contributed by atoms with van der Waals surface area (Å²) in [5.41, 5.74) is 0.845. The molecule has 0 saturated carbocycles. The number of hydrogen-bond donors (Lipinski definition) is 1. The van der Waals surface area contributed by atoms with Crippen LogP contribution in [0.4, 0.5) is 10.1 Å². The van der Waals surface area contributed by atoms with Crippen molar-refractivity contribution in [1.82, 2.24) is 10.2 Å². The first-order chi connectivity index (χ1) is 16.6. The van der Waals surface area contributed by atoms with Crippen LogP contribution in [0.3, 0.4) is 0 Å². The van der Waals surface area contributed by atoms with E-state index in [-0.39, 0.29) is 18.1 Å². The van der Waals surface area contributed by atoms with Crippen molar-refractivity contribution in [3.8, 4) is 5.75 Å². The Morgan fingerprint density at radius 1 is 1.06 bits per heavy atom. The van der Waals surface area contributed by atoms with Gasteiger partial charge in [0.15, 0.2) is 0 Å². The second-order valence-electron chi connectivity index (χ2n) is 8.03. The number of hydrogen-bond acceptors (Lipinski definition) is 5. The summed E-state index contributed by atoms with van der Waals surface area (Å²) < 4.78 is 45.5. The van der Waals surface area contributed by atoms with E-state index in [1.807, 2.05) is 6.92 Å². The molecule has 0 aliphatic heterocycles. The molecule has 8 nitrogen and oxygen atoms in total. The van der Waals surface area contributed by atoms with Crippen molar-refractivity contribution in [2.75, 3.05) is 30.3 Å². The van der Waals surface area contributed by atoms with E-state index in [0.717, 1.165) is 17.0 Å². The lowest BCUT2D eigenvalue weighted by Crippen LogP contribution is -2.52. The smallest absolute Gasteiger partial charge is 0.244 e. The Balaban J connectivity index is 2.45. The SMILES string of the molecule is CCCNC(=O)C(CC)N(Cc1ccc(F)cc1)C(=O)CN(c1ccccc1OCC)S(C)(=O)=O. The van der Waals surface area contributed by atoms with E-state index in [2.05, 4.69) is 5.32 Å². The number of nitrogens with one attached hydrogen (secondary N) is 1. The van der Waals surface area contributed by atoms with Crippen LogP contribution < -0.4 is 14.4 Å². The van der Waals surface area contributed by atoms with Gasteiger partial charge in [-0.3, -0.25) is 13.9 Å². The number of carbonyl (C=O) groups excluding carboxylic acids is 2. The predicted octanol–water partition coefficient (Wildman–Crippen LogP) is 3.32. The molecule has 2 amide bonds. The molecule has 0 aliphatic rings. The van der Waals surface area contributed by atoms with Gasteiger partial charge in [-0.05, 0) is 49.6 Å². The Labute approximate surface area is 207 Å². The van der Waals surface area contributed by atoms with Crippen LogP contribution in [0.5, 0.6) is 5.75 Å². The van der Waals surface area contributed by atoms with Crippen molar-refractivity contribution in [2.45, 2.75) is 46.2 Å². The van der Waals surface area contributed by atoms with Crippen LogP contribution in [0.2, 0.25) is 0 Å². The third-order valence-electron chi connectivity index (χ3n) is 5.31. The Morgan fingerprint density at radius 3 is 2.29 bits per heavy atom. The molecule has 1 unspecified atom stereocenters. The topological polar surface area (TPSA) is 96.0 Å². The number of anilines is 1. The molecule has 0 saturated heterocycles. The number of ether oxygens (including phenoxy) is 1. The van der Waals surface area contributed by atoms with Gasteiger partial charge in [0, 0.05) is 13.1 Å². The highest BCUT2D eigenvalue weighted by atomic mass is 32.2. The van der Waals surface area contributed by atoms with Gasteiger partial charge >= 0.3 is 0 Å². The van der Waals surface area contributed by atoms with Gasteiger partial charge in [-0.2, -0.15) is 0 Å². The van der Waals surface area contributed by atoms with Gasteiger partial charge in [0.25, 0.3) is 0 Å². The Bertz CT molecular complexity index is 1090. The van der Waals surface area contributed by atoms with Crippen LogP contribution in [0.25, 0.3) is 0 Å². The summed E-state index contributed by atoms with van der Waals surface area (Å²) in [5.74, 6) is -0.990. The van der Waals surface area contributed by atoms with Crippen molar-refractivity contribution in [1.29, 1.82) is 0 Å². The number of sulfonamides is 1. The lowest BCUT2D eigenvalue weighted by Gasteiger charge is -2.33. The summed E-state index contributed by atoms with van der Waals surface area (Å²) in [4.78, 5) is 27.9. The first-order valence-electron chi connectivity index (χ1n) is 11.6. The molecule has 1 atom stereocenters. The monoisotopic (exact) mass is 507 g/mol. The maximum Gasteiger partial charge on any atom is 0.244 e. The lowest BCUT2D eigenvalue weighted by molar-refractivity contribution is -0.140. The third-order valence-corrected chi connectivity index (χ3v) is 6.44. The molecule has 0 bridgehead atoms. The number of rotatable bonds is 13. The van der Waals surface area contributed by atoms with Crippen LogP contribution in [-0.4, -0.2) is 57.1 Å². The Hall–Kier alpha value is -3.14. The van der Waals surface area contributed by atoms with E-state index < -0.39 is 34.3 Å². The van der Waals surface area contributed by atoms with Gasteiger partial charge in [0.1, 0.15) is 24.2 Å². The van der Waals surface area contributed by atoms with E-state index in [4.69, 9.17) is 4.74 Å². The van der Waals surface area contributed by atoms with Gasteiger partial charge in [-0.15, -0.1) is 0 Å². The minimum Gasteiger partial charge on any atom is -0.492 e. The van der Waals surface area contributed by atoms with Crippen molar-refractivity contribution < 1.29 is 27.1 Å². The zero-order chi connectivity index (χ0) is 26.0. The first-order valence-corrected chi connectivity index (χ1v) is 13.5. The summed E-state index contributed by atoms with van der Waals surface area (Å²) in [6.45, 7) is 5.73. The molecule has 0 aliphatic carbocycles. The number of nitrogens with zero attached hydrogens (tertiary/aromatic N) is 2. The first kappa shape index (κ1) is 28.1. The maximum atomic E-state index is 13.6. The molecule has 35 heavy (non-hydrogen) atoms. The highest BCUT2D eigenvalue weighted by Gasteiger charge is 2.32. The summed E-state index contributed by atoms with van der Waals surface area (Å²) in [6.07, 6.45) is 2.06. The molecule has 10 heteroatoms. The predicted molar refractivity (Wildman–Crippen MR) is 134 cm³/mol.